The highest BCUT2D eigenvalue weighted by atomic mass is 16.5. The Morgan fingerprint density at radius 2 is 2.00 bits per heavy atom. The monoisotopic (exact) mass is 180 g/mol. The Kier molecular flexibility index (Phi) is 4.46. The van der Waals surface area contributed by atoms with Gasteiger partial charge in [-0.2, -0.15) is 0 Å². The first-order chi connectivity index (χ1) is 6.36. The second-order valence-electron chi connectivity index (χ2n) is 2.92. The lowest BCUT2D eigenvalue weighted by atomic mass is 10.1. The molecular weight excluding hydrogens is 164 g/mol. The number of nitrogens with zero attached hydrogens (tertiary/aromatic N) is 1. The van der Waals surface area contributed by atoms with Crippen LogP contribution in [0.15, 0.2) is 30.3 Å². The molecule has 0 atom stereocenters. The van der Waals surface area contributed by atoms with Gasteiger partial charge < -0.3 is 5.21 Å². The maximum absolute atomic E-state index is 8.68. The molecule has 0 amide bonds. The van der Waals surface area contributed by atoms with Crippen LogP contribution in [0.5, 0.6) is 0 Å². The fraction of sp³-hybridized carbons (Fsp3) is 0.400. The Bertz CT molecular complexity index is 222. The van der Waals surface area contributed by atoms with Crippen LogP contribution in [0.4, 0.5) is 0 Å². The minimum Gasteiger partial charge on any atom is -0.302 e. The van der Waals surface area contributed by atoms with Crippen molar-refractivity contribution in [2.24, 2.45) is 0 Å². The van der Waals surface area contributed by atoms with Gasteiger partial charge in [-0.1, -0.05) is 37.3 Å². The minimum atomic E-state index is 0.795. The molecule has 2 N–H and O–H groups in total. The predicted octanol–water partition coefficient (Wildman–Crippen LogP) is 1.44. The van der Waals surface area contributed by atoms with Crippen LogP contribution in [-0.4, -0.2) is 23.3 Å². The van der Waals surface area contributed by atoms with Crippen LogP contribution >= 0.6 is 0 Å². The van der Waals surface area contributed by atoms with Gasteiger partial charge in [-0.15, -0.1) is 5.59 Å². The van der Waals surface area contributed by atoms with E-state index in [1.54, 1.807) is 5.01 Å². The summed E-state index contributed by atoms with van der Waals surface area (Å²) in [5, 5.41) is 10.4. The molecule has 1 aromatic rings. The molecule has 0 aliphatic carbocycles. The van der Waals surface area contributed by atoms with Crippen molar-refractivity contribution in [2.45, 2.75) is 13.3 Å². The number of hydrogen-bond acceptors (Lipinski definition) is 3. The van der Waals surface area contributed by atoms with Gasteiger partial charge in [-0.3, -0.25) is 0 Å². The highest BCUT2D eigenvalue weighted by molar-refractivity contribution is 5.14. The van der Waals surface area contributed by atoms with Crippen LogP contribution in [0.2, 0.25) is 0 Å². The molecule has 0 aliphatic rings. The lowest BCUT2D eigenvalue weighted by molar-refractivity contribution is -0.0155. The molecule has 1 rings (SSSR count). The van der Waals surface area contributed by atoms with Crippen molar-refractivity contribution in [1.29, 1.82) is 0 Å². The third kappa shape index (κ3) is 3.55. The molecule has 0 aromatic heterocycles. The van der Waals surface area contributed by atoms with Gasteiger partial charge in [0.05, 0.1) is 0 Å². The lowest BCUT2D eigenvalue weighted by Crippen LogP contribution is -2.36. The zero-order chi connectivity index (χ0) is 9.52. The molecule has 72 valence electrons. The normalized spacial score (nSPS) is 10.7. The first kappa shape index (κ1) is 10.2. The highest BCUT2D eigenvalue weighted by Gasteiger charge is 1.99. The molecular formula is C10H16N2O. The largest absolute Gasteiger partial charge is 0.302 e. The molecule has 3 heteroatoms. The maximum atomic E-state index is 8.68. The van der Waals surface area contributed by atoms with Crippen molar-refractivity contribution in [3.05, 3.63) is 35.9 Å². The summed E-state index contributed by atoms with van der Waals surface area (Å²) in [7, 11) is 0. The van der Waals surface area contributed by atoms with E-state index in [0.717, 1.165) is 19.5 Å². The summed E-state index contributed by atoms with van der Waals surface area (Å²) in [5.41, 5.74) is 3.44. The van der Waals surface area contributed by atoms with Gasteiger partial charge in [-0.25, -0.2) is 5.01 Å². The Labute approximate surface area is 78.9 Å². The summed E-state index contributed by atoms with van der Waals surface area (Å²) in [6, 6.07) is 10.2. The first-order valence-corrected chi connectivity index (χ1v) is 4.55. The average Bonchev–Trinajstić information content (AvgIpc) is 2.21. The topological polar surface area (TPSA) is 35.5 Å². The molecule has 0 radical (unpaired) electrons. The van der Waals surface area contributed by atoms with Crippen molar-refractivity contribution in [3.63, 3.8) is 0 Å². The van der Waals surface area contributed by atoms with Gasteiger partial charge >= 0.3 is 0 Å². The summed E-state index contributed by atoms with van der Waals surface area (Å²) < 4.78 is 0. The van der Waals surface area contributed by atoms with Crippen LogP contribution in [0.25, 0.3) is 0 Å². The van der Waals surface area contributed by atoms with Crippen LogP contribution < -0.4 is 5.59 Å². The van der Waals surface area contributed by atoms with E-state index in [2.05, 4.69) is 17.7 Å². The van der Waals surface area contributed by atoms with Gasteiger partial charge in [0.25, 0.3) is 0 Å². The van der Waals surface area contributed by atoms with Gasteiger partial charge in [0.2, 0.25) is 0 Å². The van der Waals surface area contributed by atoms with E-state index in [4.69, 9.17) is 5.21 Å². The Hall–Kier alpha value is -0.900. The minimum absolute atomic E-state index is 0.795. The summed E-state index contributed by atoms with van der Waals surface area (Å²) in [6.07, 6.45) is 0.947. The van der Waals surface area contributed by atoms with E-state index in [1.807, 2.05) is 25.1 Å². The third-order valence-electron chi connectivity index (χ3n) is 2.04. The van der Waals surface area contributed by atoms with Crippen molar-refractivity contribution in [1.82, 2.24) is 10.6 Å². The second kappa shape index (κ2) is 5.70. The van der Waals surface area contributed by atoms with E-state index in [-0.39, 0.29) is 0 Å². The van der Waals surface area contributed by atoms with Gasteiger partial charge in [-0.05, 0) is 12.0 Å². The van der Waals surface area contributed by atoms with Crippen LogP contribution in [0.3, 0.4) is 0 Å². The molecule has 0 saturated carbocycles. The van der Waals surface area contributed by atoms with Crippen LogP contribution in [0, 0.1) is 0 Å². The van der Waals surface area contributed by atoms with E-state index < -0.39 is 0 Å². The molecule has 13 heavy (non-hydrogen) atoms. The average molecular weight is 180 g/mol. The number of benzene rings is 1. The van der Waals surface area contributed by atoms with Crippen molar-refractivity contribution in [2.75, 3.05) is 13.1 Å². The Balaban J connectivity index is 2.34. The molecule has 0 unspecified atom stereocenters. The van der Waals surface area contributed by atoms with Gasteiger partial charge in [0, 0.05) is 13.1 Å². The van der Waals surface area contributed by atoms with E-state index in [9.17, 15) is 0 Å². The molecule has 1 aromatic carbocycles. The van der Waals surface area contributed by atoms with Crippen molar-refractivity contribution >= 4 is 0 Å². The number of hydrogen-bond donors (Lipinski definition) is 2. The van der Waals surface area contributed by atoms with E-state index in [1.165, 1.54) is 5.56 Å². The van der Waals surface area contributed by atoms with Crippen LogP contribution in [0.1, 0.15) is 12.5 Å². The molecule has 0 aliphatic heterocycles. The van der Waals surface area contributed by atoms with Crippen molar-refractivity contribution in [3.8, 4) is 0 Å². The maximum Gasteiger partial charge on any atom is 0.0193 e. The first-order valence-electron chi connectivity index (χ1n) is 4.55. The van der Waals surface area contributed by atoms with Gasteiger partial charge in [0.1, 0.15) is 0 Å². The van der Waals surface area contributed by atoms with E-state index >= 15 is 0 Å². The Morgan fingerprint density at radius 3 is 2.54 bits per heavy atom. The highest BCUT2D eigenvalue weighted by Crippen LogP contribution is 1.99. The second-order valence-corrected chi connectivity index (χ2v) is 2.92. The van der Waals surface area contributed by atoms with Crippen LogP contribution in [-0.2, 0) is 6.42 Å². The zero-order valence-electron chi connectivity index (χ0n) is 7.90. The number of rotatable bonds is 5. The fourth-order valence-electron chi connectivity index (χ4n) is 1.19. The molecule has 3 nitrogen and oxygen atoms in total. The summed E-state index contributed by atoms with van der Waals surface area (Å²) in [4.78, 5) is 0. The molecule has 0 spiro atoms. The smallest absolute Gasteiger partial charge is 0.0193 e. The molecule has 0 heterocycles. The molecule has 0 saturated heterocycles. The number of hydrazine groups is 1. The predicted molar refractivity (Wildman–Crippen MR) is 52.3 cm³/mol. The lowest BCUT2D eigenvalue weighted by Gasteiger charge is -2.16. The number of likely N-dealkylation sites (N-methyl/N-ethyl adjacent to an activating group) is 1. The molecule has 0 bridgehead atoms. The third-order valence-corrected chi connectivity index (χ3v) is 2.04. The number of nitrogens with one attached hydrogen (secondary N) is 1. The Morgan fingerprint density at radius 1 is 1.31 bits per heavy atom. The quantitative estimate of drug-likeness (QED) is 0.673. The van der Waals surface area contributed by atoms with Gasteiger partial charge in [0.15, 0.2) is 0 Å². The summed E-state index contributed by atoms with van der Waals surface area (Å²) in [5.74, 6) is 0. The summed E-state index contributed by atoms with van der Waals surface area (Å²) in [6.45, 7) is 3.61. The summed E-state index contributed by atoms with van der Waals surface area (Å²) >= 11 is 0. The van der Waals surface area contributed by atoms with Crippen molar-refractivity contribution < 1.29 is 5.21 Å². The standard InChI is InChI=1S/C10H16N2O/c1-2-12(11-13)9-8-10-6-4-3-5-7-10/h3-7,11,13H,2,8-9H2,1H3. The molecule has 0 fully saturated rings. The fourth-order valence-corrected chi connectivity index (χ4v) is 1.19. The SMILES string of the molecule is CCN(CCc1ccccc1)NO. The zero-order valence-corrected chi connectivity index (χ0v) is 7.90. The van der Waals surface area contributed by atoms with E-state index in [0.29, 0.717) is 0 Å².